The molecule has 0 saturated carbocycles. The van der Waals surface area contributed by atoms with Gasteiger partial charge in [0.15, 0.2) is 0 Å². The van der Waals surface area contributed by atoms with Gasteiger partial charge in [0.1, 0.15) is 0 Å². The van der Waals surface area contributed by atoms with Crippen molar-refractivity contribution in [2.24, 2.45) is 5.92 Å². The summed E-state index contributed by atoms with van der Waals surface area (Å²) in [4.78, 5) is 16.0. The topological polar surface area (TPSA) is 62.1 Å². The largest absolute Gasteiger partial charge is 0.396 e. The molecule has 4 rings (SSSR count). The number of fused-ring (bicyclic) bond motifs is 1. The van der Waals surface area contributed by atoms with Crippen LogP contribution >= 0.6 is 0 Å². The molecule has 1 saturated heterocycles. The number of piperidine rings is 1. The van der Waals surface area contributed by atoms with Crippen LogP contribution in [0.25, 0.3) is 22.2 Å². The lowest BCUT2D eigenvalue weighted by atomic mass is 9.94. The molecule has 0 atom stereocenters. The van der Waals surface area contributed by atoms with E-state index in [-0.39, 0.29) is 6.61 Å². The molecule has 0 amide bonds. The Hall–Kier alpha value is -2.53. The normalized spacial score (nSPS) is 15.6. The van der Waals surface area contributed by atoms with Crippen molar-refractivity contribution in [3.8, 4) is 11.3 Å². The van der Waals surface area contributed by atoms with Crippen LogP contribution in [0.3, 0.4) is 0 Å². The zero-order valence-corrected chi connectivity index (χ0v) is 14.2. The highest BCUT2D eigenvalue weighted by Crippen LogP contribution is 2.25. The Labute approximate surface area is 147 Å². The summed E-state index contributed by atoms with van der Waals surface area (Å²) < 4.78 is 0. The summed E-state index contributed by atoms with van der Waals surface area (Å²) in [6.07, 6.45) is 6.78. The van der Waals surface area contributed by atoms with Crippen molar-refractivity contribution in [3.63, 3.8) is 0 Å². The maximum Gasteiger partial charge on any atom is 0.225 e. The number of para-hydroxylation sites is 1. The van der Waals surface area contributed by atoms with Crippen LogP contribution in [0.5, 0.6) is 0 Å². The van der Waals surface area contributed by atoms with Crippen LogP contribution < -0.4 is 4.90 Å². The highest BCUT2D eigenvalue weighted by molar-refractivity contribution is 5.82. The summed E-state index contributed by atoms with van der Waals surface area (Å²) in [5.74, 6) is 1.40. The number of rotatable bonds is 4. The number of aromatic nitrogens is 3. The molecule has 0 bridgehead atoms. The van der Waals surface area contributed by atoms with Gasteiger partial charge >= 0.3 is 0 Å². The highest BCUT2D eigenvalue weighted by atomic mass is 16.3. The Morgan fingerprint density at radius 1 is 1.08 bits per heavy atom. The second kappa shape index (κ2) is 7.15. The Bertz CT molecular complexity index is 859. The van der Waals surface area contributed by atoms with Crippen LogP contribution in [0, 0.1) is 5.92 Å². The van der Waals surface area contributed by atoms with Crippen molar-refractivity contribution in [1.82, 2.24) is 15.0 Å². The molecule has 3 aromatic rings. The first-order valence-corrected chi connectivity index (χ1v) is 8.87. The average Bonchev–Trinajstić information content (AvgIpc) is 2.68. The predicted octanol–water partition coefficient (Wildman–Crippen LogP) is 3.29. The third-order valence-corrected chi connectivity index (χ3v) is 4.96. The molecule has 5 nitrogen and oxygen atoms in total. The molecule has 0 spiro atoms. The fourth-order valence-electron chi connectivity index (χ4n) is 3.48. The van der Waals surface area contributed by atoms with Crippen molar-refractivity contribution in [3.05, 3.63) is 48.8 Å². The number of benzene rings is 1. The number of aliphatic hydroxyl groups excluding tert-OH is 1. The molecule has 0 unspecified atom stereocenters. The van der Waals surface area contributed by atoms with E-state index in [1.54, 1.807) is 0 Å². The monoisotopic (exact) mass is 334 g/mol. The van der Waals surface area contributed by atoms with Crippen LogP contribution in [0.2, 0.25) is 0 Å². The van der Waals surface area contributed by atoms with E-state index < -0.39 is 0 Å². The SMILES string of the molecule is OCCC1CCN(c2nccc(-c3cnc4ccccc4c3)n2)CC1. The maximum atomic E-state index is 9.09. The molecule has 25 heavy (non-hydrogen) atoms. The van der Waals surface area contributed by atoms with Crippen LogP contribution in [-0.4, -0.2) is 39.8 Å². The summed E-state index contributed by atoms with van der Waals surface area (Å²) in [5.41, 5.74) is 2.91. The first-order valence-electron chi connectivity index (χ1n) is 8.87. The third kappa shape index (κ3) is 3.46. The highest BCUT2D eigenvalue weighted by Gasteiger charge is 2.20. The van der Waals surface area contributed by atoms with Gasteiger partial charge in [0.2, 0.25) is 5.95 Å². The van der Waals surface area contributed by atoms with Gasteiger partial charge in [-0.05, 0) is 43.4 Å². The number of pyridine rings is 1. The first kappa shape index (κ1) is 16.0. The minimum absolute atomic E-state index is 0.283. The first-order chi connectivity index (χ1) is 12.3. The van der Waals surface area contributed by atoms with E-state index in [1.165, 1.54) is 0 Å². The summed E-state index contributed by atoms with van der Waals surface area (Å²) in [6.45, 7) is 2.18. The van der Waals surface area contributed by atoms with Crippen molar-refractivity contribution in [1.29, 1.82) is 0 Å². The Morgan fingerprint density at radius 2 is 1.92 bits per heavy atom. The molecule has 1 fully saturated rings. The standard InChI is InChI=1S/C20H22N4O/c25-12-8-15-6-10-24(11-7-15)20-21-9-5-19(23-20)17-13-16-3-1-2-4-18(16)22-14-17/h1-5,9,13-15,25H,6-8,10-12H2. The lowest BCUT2D eigenvalue weighted by molar-refractivity contribution is 0.240. The number of hydrogen-bond acceptors (Lipinski definition) is 5. The Kier molecular flexibility index (Phi) is 4.57. The molecule has 0 radical (unpaired) electrons. The van der Waals surface area contributed by atoms with Gasteiger partial charge < -0.3 is 10.0 Å². The van der Waals surface area contributed by atoms with Gasteiger partial charge in [-0.15, -0.1) is 0 Å². The second-order valence-electron chi connectivity index (χ2n) is 6.60. The lowest BCUT2D eigenvalue weighted by Gasteiger charge is -2.31. The molecule has 3 heterocycles. The van der Waals surface area contributed by atoms with Gasteiger partial charge in [0.05, 0.1) is 11.2 Å². The van der Waals surface area contributed by atoms with Crippen molar-refractivity contribution in [2.45, 2.75) is 19.3 Å². The van der Waals surface area contributed by atoms with E-state index in [0.29, 0.717) is 5.92 Å². The van der Waals surface area contributed by atoms with Gasteiger partial charge in [-0.2, -0.15) is 0 Å². The molecule has 128 valence electrons. The van der Waals surface area contributed by atoms with Crippen molar-refractivity contribution >= 4 is 16.9 Å². The Morgan fingerprint density at radius 3 is 2.76 bits per heavy atom. The number of aliphatic hydroxyl groups is 1. The minimum atomic E-state index is 0.283. The fraction of sp³-hybridized carbons (Fsp3) is 0.350. The van der Waals surface area contributed by atoms with Crippen molar-refractivity contribution < 1.29 is 5.11 Å². The zero-order chi connectivity index (χ0) is 17.1. The molecule has 1 aliphatic rings. The minimum Gasteiger partial charge on any atom is -0.396 e. The molecule has 2 aromatic heterocycles. The predicted molar refractivity (Wildman–Crippen MR) is 99.4 cm³/mol. The van der Waals surface area contributed by atoms with Crippen molar-refractivity contribution in [2.75, 3.05) is 24.6 Å². The van der Waals surface area contributed by atoms with E-state index in [1.807, 2.05) is 36.7 Å². The molecule has 1 aromatic carbocycles. The quantitative estimate of drug-likeness (QED) is 0.793. The van der Waals surface area contributed by atoms with E-state index in [2.05, 4.69) is 27.0 Å². The average molecular weight is 334 g/mol. The van der Waals surface area contributed by atoms with Crippen LogP contribution in [0.1, 0.15) is 19.3 Å². The summed E-state index contributed by atoms with van der Waals surface area (Å²) in [6, 6.07) is 12.2. The van der Waals surface area contributed by atoms with E-state index in [4.69, 9.17) is 10.1 Å². The second-order valence-corrected chi connectivity index (χ2v) is 6.60. The number of anilines is 1. The molecule has 1 N–H and O–H groups in total. The van der Waals surface area contributed by atoms with Crippen LogP contribution in [0.4, 0.5) is 5.95 Å². The third-order valence-electron chi connectivity index (χ3n) is 4.96. The van der Waals surface area contributed by atoms with Crippen LogP contribution in [0.15, 0.2) is 48.8 Å². The van der Waals surface area contributed by atoms with E-state index >= 15 is 0 Å². The summed E-state index contributed by atoms with van der Waals surface area (Å²) in [5, 5.41) is 10.2. The van der Waals surface area contributed by atoms with Gasteiger partial charge in [-0.25, -0.2) is 9.97 Å². The summed E-state index contributed by atoms with van der Waals surface area (Å²) in [7, 11) is 0. The molecular formula is C20H22N4O. The van der Waals surface area contributed by atoms with Gasteiger partial charge in [-0.3, -0.25) is 4.98 Å². The van der Waals surface area contributed by atoms with Gasteiger partial charge in [0.25, 0.3) is 0 Å². The molecule has 0 aliphatic carbocycles. The van der Waals surface area contributed by atoms with E-state index in [0.717, 1.165) is 60.5 Å². The molecular weight excluding hydrogens is 312 g/mol. The molecule has 1 aliphatic heterocycles. The number of hydrogen-bond donors (Lipinski definition) is 1. The smallest absolute Gasteiger partial charge is 0.225 e. The maximum absolute atomic E-state index is 9.09. The lowest BCUT2D eigenvalue weighted by Crippen LogP contribution is -2.35. The van der Waals surface area contributed by atoms with Gasteiger partial charge in [0, 0.05) is 43.0 Å². The van der Waals surface area contributed by atoms with Gasteiger partial charge in [-0.1, -0.05) is 18.2 Å². The van der Waals surface area contributed by atoms with E-state index in [9.17, 15) is 0 Å². The molecule has 5 heteroatoms. The fourth-order valence-corrected chi connectivity index (χ4v) is 3.48. The summed E-state index contributed by atoms with van der Waals surface area (Å²) >= 11 is 0. The zero-order valence-electron chi connectivity index (χ0n) is 14.2. The Balaban J connectivity index is 1.56. The number of nitrogens with zero attached hydrogens (tertiary/aromatic N) is 4. The van der Waals surface area contributed by atoms with Crippen LogP contribution in [-0.2, 0) is 0 Å².